The minimum absolute atomic E-state index is 0.0475. The summed E-state index contributed by atoms with van der Waals surface area (Å²) in [4.78, 5) is 8.08. The number of hydrogen-bond donors (Lipinski definition) is 2. The minimum Gasteiger partial charge on any atom is -0.481 e. The van der Waals surface area contributed by atoms with Crippen LogP contribution in [0.15, 0.2) is 29.2 Å². The zero-order valence-electron chi connectivity index (χ0n) is 11.9. The third kappa shape index (κ3) is 3.40. The fourth-order valence-electron chi connectivity index (χ4n) is 1.77. The van der Waals surface area contributed by atoms with Gasteiger partial charge in [-0.15, -0.1) is 0 Å². The Bertz CT molecular complexity index is 775. The number of nitrogens with one attached hydrogen (secondary N) is 1. The second-order valence-corrected chi connectivity index (χ2v) is 6.16. The Balaban J connectivity index is 2.42. The van der Waals surface area contributed by atoms with Gasteiger partial charge < -0.3 is 10.5 Å². The molecule has 2 rings (SSSR count). The third-order valence-corrected chi connectivity index (χ3v) is 4.24. The van der Waals surface area contributed by atoms with E-state index in [0.29, 0.717) is 16.9 Å². The lowest BCUT2D eigenvalue weighted by Crippen LogP contribution is -2.17. The largest absolute Gasteiger partial charge is 0.481 e. The van der Waals surface area contributed by atoms with Gasteiger partial charge in [-0.05, 0) is 31.5 Å². The number of nitrogens with zero attached hydrogens (tertiary/aromatic N) is 2. The van der Waals surface area contributed by atoms with Crippen LogP contribution in [0.3, 0.4) is 0 Å². The molecule has 0 bridgehead atoms. The predicted octanol–water partition coefficient (Wildman–Crippen LogP) is 1.49. The highest BCUT2D eigenvalue weighted by molar-refractivity contribution is 7.92. The van der Waals surface area contributed by atoms with Crippen LogP contribution in [0.2, 0.25) is 0 Å². The van der Waals surface area contributed by atoms with E-state index in [2.05, 4.69) is 14.7 Å². The molecule has 0 unspecified atom stereocenters. The van der Waals surface area contributed by atoms with E-state index in [1.54, 1.807) is 32.0 Å². The van der Waals surface area contributed by atoms with E-state index in [-0.39, 0.29) is 16.7 Å². The van der Waals surface area contributed by atoms with Crippen molar-refractivity contribution in [1.82, 2.24) is 9.97 Å². The van der Waals surface area contributed by atoms with Crippen LogP contribution in [0.5, 0.6) is 5.88 Å². The maximum absolute atomic E-state index is 12.4. The molecular formula is C13H16N4O3S. The highest BCUT2D eigenvalue weighted by Crippen LogP contribution is 2.21. The first kappa shape index (κ1) is 15.0. The molecule has 1 aromatic carbocycles. The summed E-state index contributed by atoms with van der Waals surface area (Å²) in [7, 11) is -2.37. The lowest BCUT2D eigenvalue weighted by Gasteiger charge is -2.11. The van der Waals surface area contributed by atoms with Gasteiger partial charge in [0.2, 0.25) is 11.8 Å². The van der Waals surface area contributed by atoms with Gasteiger partial charge >= 0.3 is 0 Å². The van der Waals surface area contributed by atoms with Crippen molar-refractivity contribution < 1.29 is 13.2 Å². The van der Waals surface area contributed by atoms with Gasteiger partial charge in [-0.3, -0.25) is 0 Å². The first-order valence-electron chi connectivity index (χ1n) is 6.10. The quantitative estimate of drug-likeness (QED) is 0.829. The Kier molecular flexibility index (Phi) is 3.99. The molecule has 0 aliphatic rings. The number of rotatable bonds is 4. The molecule has 0 atom stereocenters. The number of nitrogens with two attached hydrogens (primary N) is 1. The van der Waals surface area contributed by atoms with Crippen LogP contribution in [0.1, 0.15) is 11.3 Å². The molecule has 112 valence electrons. The molecule has 1 heterocycles. The van der Waals surface area contributed by atoms with Crippen LogP contribution in [0.4, 0.5) is 11.6 Å². The zero-order chi connectivity index (χ0) is 15.6. The van der Waals surface area contributed by atoms with Crippen LogP contribution in [-0.2, 0) is 10.0 Å². The number of sulfonamides is 1. The van der Waals surface area contributed by atoms with E-state index in [1.165, 1.54) is 13.2 Å². The van der Waals surface area contributed by atoms with Crippen molar-refractivity contribution in [1.29, 1.82) is 0 Å². The van der Waals surface area contributed by atoms with E-state index >= 15 is 0 Å². The summed E-state index contributed by atoms with van der Waals surface area (Å²) in [5, 5.41) is 0. The van der Waals surface area contributed by atoms with Crippen LogP contribution < -0.4 is 15.2 Å². The molecule has 3 N–H and O–H groups in total. The van der Waals surface area contributed by atoms with Gasteiger partial charge in [0.25, 0.3) is 10.0 Å². The minimum atomic E-state index is -3.82. The number of nitrogen functional groups attached to an aromatic ring is 1. The topological polar surface area (TPSA) is 107 Å². The van der Waals surface area contributed by atoms with Crippen molar-refractivity contribution in [2.24, 2.45) is 0 Å². The molecule has 7 nitrogen and oxygen atoms in total. The molecule has 0 saturated heterocycles. The summed E-state index contributed by atoms with van der Waals surface area (Å²) < 4.78 is 32.1. The average molecular weight is 308 g/mol. The Morgan fingerprint density at radius 1 is 1.19 bits per heavy atom. The van der Waals surface area contributed by atoms with Gasteiger partial charge in [0.05, 0.1) is 12.0 Å². The summed E-state index contributed by atoms with van der Waals surface area (Å²) >= 11 is 0. The molecule has 0 saturated carbocycles. The smallest absolute Gasteiger partial charge is 0.264 e. The molecule has 0 radical (unpaired) electrons. The Morgan fingerprint density at radius 2 is 1.90 bits per heavy atom. The SMILES string of the molecule is COc1cc(C)nc(NS(=O)(=O)c2cc(N)ccc2C)n1. The van der Waals surface area contributed by atoms with Crippen LogP contribution in [0, 0.1) is 13.8 Å². The first-order chi connectivity index (χ1) is 9.81. The lowest BCUT2D eigenvalue weighted by molar-refractivity contribution is 0.397. The number of aromatic nitrogens is 2. The molecular weight excluding hydrogens is 292 g/mol. The van der Waals surface area contributed by atoms with Crippen molar-refractivity contribution in [3.63, 3.8) is 0 Å². The molecule has 0 amide bonds. The maximum Gasteiger partial charge on any atom is 0.264 e. The molecule has 1 aromatic heterocycles. The van der Waals surface area contributed by atoms with Crippen molar-refractivity contribution in [3.8, 4) is 5.88 Å². The second-order valence-electron chi connectivity index (χ2n) is 4.51. The van der Waals surface area contributed by atoms with Gasteiger partial charge in [0.15, 0.2) is 0 Å². The fourth-order valence-corrected chi connectivity index (χ4v) is 3.00. The van der Waals surface area contributed by atoms with Crippen molar-refractivity contribution >= 4 is 21.7 Å². The predicted molar refractivity (Wildman–Crippen MR) is 79.7 cm³/mol. The number of benzene rings is 1. The van der Waals surface area contributed by atoms with Gasteiger partial charge in [-0.25, -0.2) is 18.1 Å². The highest BCUT2D eigenvalue weighted by atomic mass is 32.2. The van der Waals surface area contributed by atoms with Gasteiger partial charge in [0, 0.05) is 17.4 Å². The third-order valence-electron chi connectivity index (χ3n) is 2.77. The van der Waals surface area contributed by atoms with Gasteiger partial charge in [-0.2, -0.15) is 4.98 Å². The second kappa shape index (κ2) is 5.57. The van der Waals surface area contributed by atoms with Crippen LogP contribution in [0.25, 0.3) is 0 Å². The molecule has 8 heteroatoms. The molecule has 21 heavy (non-hydrogen) atoms. The number of aryl methyl sites for hydroxylation is 2. The number of hydrogen-bond acceptors (Lipinski definition) is 6. The van der Waals surface area contributed by atoms with Crippen molar-refractivity contribution in [2.75, 3.05) is 17.6 Å². The summed E-state index contributed by atoms with van der Waals surface area (Å²) in [6.45, 7) is 3.40. The normalized spacial score (nSPS) is 11.2. The summed E-state index contributed by atoms with van der Waals surface area (Å²) in [6.07, 6.45) is 0. The standard InChI is InChI=1S/C13H16N4O3S/c1-8-4-5-10(14)7-11(8)21(18,19)17-13-15-9(2)6-12(16-13)20-3/h4-7H,14H2,1-3H3,(H,15,16,17). The molecule has 0 fully saturated rings. The van der Waals surface area contributed by atoms with E-state index < -0.39 is 10.0 Å². The van der Waals surface area contributed by atoms with Crippen molar-refractivity contribution in [3.05, 3.63) is 35.5 Å². The Labute approximate surface area is 123 Å². The van der Waals surface area contributed by atoms with Crippen LogP contribution >= 0.6 is 0 Å². The summed E-state index contributed by atoms with van der Waals surface area (Å²) in [5.41, 5.74) is 7.18. The van der Waals surface area contributed by atoms with E-state index in [1.807, 2.05) is 0 Å². The fraction of sp³-hybridized carbons (Fsp3) is 0.231. The molecule has 0 spiro atoms. The van der Waals surface area contributed by atoms with E-state index in [4.69, 9.17) is 10.5 Å². The van der Waals surface area contributed by atoms with Gasteiger partial charge in [0.1, 0.15) is 0 Å². The number of anilines is 2. The monoisotopic (exact) mass is 308 g/mol. The Morgan fingerprint density at radius 3 is 2.57 bits per heavy atom. The van der Waals surface area contributed by atoms with Gasteiger partial charge in [-0.1, -0.05) is 6.07 Å². The summed E-state index contributed by atoms with van der Waals surface area (Å²) in [5.74, 6) is 0.234. The molecule has 0 aliphatic heterocycles. The van der Waals surface area contributed by atoms with Crippen LogP contribution in [-0.4, -0.2) is 25.5 Å². The number of ether oxygens (including phenoxy) is 1. The maximum atomic E-state index is 12.4. The summed E-state index contributed by atoms with van der Waals surface area (Å²) in [6, 6.07) is 6.27. The van der Waals surface area contributed by atoms with E-state index in [9.17, 15) is 8.42 Å². The van der Waals surface area contributed by atoms with Crippen molar-refractivity contribution in [2.45, 2.75) is 18.7 Å². The highest BCUT2D eigenvalue weighted by Gasteiger charge is 2.19. The molecule has 2 aromatic rings. The molecule has 0 aliphatic carbocycles. The number of methoxy groups -OCH3 is 1. The first-order valence-corrected chi connectivity index (χ1v) is 7.59. The lowest BCUT2D eigenvalue weighted by atomic mass is 10.2. The van der Waals surface area contributed by atoms with E-state index in [0.717, 1.165) is 0 Å². The average Bonchev–Trinajstić information content (AvgIpc) is 2.40. The zero-order valence-corrected chi connectivity index (χ0v) is 12.7. The Hall–Kier alpha value is -2.35.